The van der Waals surface area contributed by atoms with Crippen LogP contribution in [0.25, 0.3) is 0 Å². The largest absolute Gasteiger partial charge is 0.225 e. The van der Waals surface area contributed by atoms with E-state index in [1.165, 1.54) is 0 Å². The molecule has 0 saturated heterocycles. The summed E-state index contributed by atoms with van der Waals surface area (Å²) >= 11 is 1.69. The van der Waals surface area contributed by atoms with Crippen LogP contribution in [0.5, 0.6) is 0 Å². The van der Waals surface area contributed by atoms with E-state index in [1.54, 1.807) is 22.6 Å². The van der Waals surface area contributed by atoms with Crippen molar-refractivity contribution in [3.8, 4) is 0 Å². The van der Waals surface area contributed by atoms with E-state index in [2.05, 4.69) is 9.97 Å². The Morgan fingerprint density at radius 2 is 1.53 bits per heavy atom. The third kappa shape index (κ3) is 5.07. The normalized spacial score (nSPS) is 9.47. The molecular weight excluding hydrogens is 351 g/mol. The van der Waals surface area contributed by atoms with Crippen molar-refractivity contribution in [2.45, 2.75) is 0 Å². The highest BCUT2D eigenvalue weighted by Gasteiger charge is 1.98. The Labute approximate surface area is 108 Å². The maximum atomic E-state index is 12.3. The maximum Gasteiger partial charge on any atom is 0.214 e. The van der Waals surface area contributed by atoms with Gasteiger partial charge in [0.15, 0.2) is 5.82 Å². The molecule has 17 heavy (non-hydrogen) atoms. The number of rotatable bonds is 0. The summed E-state index contributed by atoms with van der Waals surface area (Å²) in [6.07, 6.45) is 1.69. The Morgan fingerprint density at radius 1 is 0.882 bits per heavy atom. The van der Waals surface area contributed by atoms with Gasteiger partial charge in [-0.2, -0.15) is 8.78 Å². The third-order valence-corrected chi connectivity index (χ3v) is 2.29. The molecule has 0 atom stereocenters. The van der Waals surface area contributed by atoms with Gasteiger partial charge in [0.25, 0.3) is 0 Å². The first-order valence-corrected chi connectivity index (χ1v) is 5.30. The fourth-order valence-corrected chi connectivity index (χ4v) is 1.14. The Kier molecular flexibility index (Phi) is 5.26. The lowest BCUT2D eigenvalue weighted by Crippen LogP contribution is -1.87. The SMILES string of the molecule is Fc1cc(I)c(F)cn1.Fc1ccc(F)nc1. The lowest BCUT2D eigenvalue weighted by Gasteiger charge is -1.90. The zero-order valence-corrected chi connectivity index (χ0v) is 10.3. The Bertz CT molecular complexity index is 469. The maximum absolute atomic E-state index is 12.3. The van der Waals surface area contributed by atoms with Crippen LogP contribution in [0.4, 0.5) is 17.6 Å². The van der Waals surface area contributed by atoms with Gasteiger partial charge >= 0.3 is 0 Å². The molecule has 0 spiro atoms. The van der Waals surface area contributed by atoms with Gasteiger partial charge in [-0.1, -0.05) is 0 Å². The summed E-state index contributed by atoms with van der Waals surface area (Å²) < 4.78 is 48.2. The summed E-state index contributed by atoms with van der Waals surface area (Å²) in [5.41, 5.74) is 0. The van der Waals surface area contributed by atoms with Gasteiger partial charge in [-0.25, -0.2) is 18.7 Å². The zero-order valence-electron chi connectivity index (χ0n) is 8.17. The molecule has 0 radical (unpaired) electrons. The van der Waals surface area contributed by atoms with Crippen molar-refractivity contribution < 1.29 is 17.6 Å². The average molecular weight is 356 g/mol. The molecule has 0 saturated carbocycles. The standard InChI is InChI=1S/C5H2F2IN.C5H3F2N/c6-3-2-9-5(7)1-4(3)8;6-4-1-2-5(7)8-3-4/h1-2H;1-3H. The van der Waals surface area contributed by atoms with Crippen molar-refractivity contribution in [3.05, 3.63) is 57.7 Å². The van der Waals surface area contributed by atoms with Crippen molar-refractivity contribution in [2.24, 2.45) is 0 Å². The van der Waals surface area contributed by atoms with E-state index in [1.807, 2.05) is 0 Å². The van der Waals surface area contributed by atoms with E-state index in [0.717, 1.165) is 30.6 Å². The Morgan fingerprint density at radius 3 is 1.94 bits per heavy atom. The smallest absolute Gasteiger partial charge is 0.214 e. The summed E-state index contributed by atoms with van der Waals surface area (Å²) in [5, 5.41) is 0. The quantitative estimate of drug-likeness (QED) is 0.411. The van der Waals surface area contributed by atoms with Gasteiger partial charge in [-0.15, -0.1) is 0 Å². The monoisotopic (exact) mass is 356 g/mol. The van der Waals surface area contributed by atoms with Gasteiger partial charge < -0.3 is 0 Å². The lowest BCUT2D eigenvalue weighted by molar-refractivity contribution is 0.555. The lowest BCUT2D eigenvalue weighted by atomic mass is 10.5. The third-order valence-electron chi connectivity index (χ3n) is 1.47. The predicted octanol–water partition coefficient (Wildman–Crippen LogP) is 3.32. The van der Waals surface area contributed by atoms with Gasteiger partial charge in [0, 0.05) is 6.07 Å². The predicted molar refractivity (Wildman–Crippen MR) is 61.0 cm³/mol. The van der Waals surface area contributed by atoms with Crippen molar-refractivity contribution in [1.29, 1.82) is 0 Å². The van der Waals surface area contributed by atoms with E-state index in [4.69, 9.17) is 0 Å². The van der Waals surface area contributed by atoms with Crippen LogP contribution in [0.1, 0.15) is 0 Å². The van der Waals surface area contributed by atoms with Crippen LogP contribution in [0, 0.1) is 27.1 Å². The van der Waals surface area contributed by atoms with Gasteiger partial charge in [-0.3, -0.25) is 0 Å². The highest BCUT2D eigenvalue weighted by atomic mass is 127. The fourth-order valence-electron chi connectivity index (χ4n) is 0.749. The van der Waals surface area contributed by atoms with Crippen molar-refractivity contribution in [3.63, 3.8) is 0 Å². The molecule has 7 heteroatoms. The minimum absolute atomic E-state index is 0.250. The second kappa shape index (κ2) is 6.48. The first-order chi connectivity index (χ1) is 7.99. The summed E-state index contributed by atoms with van der Waals surface area (Å²) in [7, 11) is 0. The Hall–Kier alpha value is -1.25. The molecule has 2 aromatic heterocycles. The van der Waals surface area contributed by atoms with E-state index in [9.17, 15) is 17.6 Å². The van der Waals surface area contributed by atoms with Crippen molar-refractivity contribution >= 4 is 22.6 Å². The summed E-state index contributed by atoms with van der Waals surface area (Å²) in [4.78, 5) is 6.13. The molecule has 0 bridgehead atoms. The molecule has 0 fully saturated rings. The number of hydrogen-bond acceptors (Lipinski definition) is 2. The summed E-state index contributed by atoms with van der Waals surface area (Å²) in [6.45, 7) is 0. The van der Waals surface area contributed by atoms with Gasteiger partial charge in [0.05, 0.1) is 16.0 Å². The fraction of sp³-hybridized carbons (Fsp3) is 0. The minimum Gasteiger partial charge on any atom is -0.225 e. The van der Waals surface area contributed by atoms with E-state index in [-0.39, 0.29) is 3.57 Å². The molecule has 2 aromatic rings. The minimum atomic E-state index is -0.661. The molecule has 2 heterocycles. The van der Waals surface area contributed by atoms with Crippen LogP contribution in [-0.2, 0) is 0 Å². The van der Waals surface area contributed by atoms with Gasteiger partial charge in [-0.05, 0) is 34.7 Å². The molecule has 0 amide bonds. The van der Waals surface area contributed by atoms with Crippen LogP contribution < -0.4 is 0 Å². The second-order valence-corrected chi connectivity index (χ2v) is 3.88. The van der Waals surface area contributed by atoms with Crippen molar-refractivity contribution in [1.82, 2.24) is 9.97 Å². The van der Waals surface area contributed by atoms with Gasteiger partial charge in [0.1, 0.15) is 5.82 Å². The number of aromatic nitrogens is 2. The molecule has 90 valence electrons. The molecule has 0 aliphatic rings. The number of nitrogens with zero attached hydrogens (tertiary/aromatic N) is 2. The van der Waals surface area contributed by atoms with E-state index in [0.29, 0.717) is 0 Å². The van der Waals surface area contributed by atoms with Crippen LogP contribution in [0.15, 0.2) is 30.6 Å². The molecule has 2 nitrogen and oxygen atoms in total. The van der Waals surface area contributed by atoms with E-state index < -0.39 is 23.5 Å². The molecule has 0 unspecified atom stereocenters. The highest BCUT2D eigenvalue weighted by Crippen LogP contribution is 2.08. The number of hydrogen-bond donors (Lipinski definition) is 0. The van der Waals surface area contributed by atoms with Crippen LogP contribution in [0.3, 0.4) is 0 Å². The molecule has 0 aliphatic carbocycles. The van der Waals surface area contributed by atoms with Crippen LogP contribution in [-0.4, -0.2) is 9.97 Å². The van der Waals surface area contributed by atoms with Crippen LogP contribution in [0.2, 0.25) is 0 Å². The Balaban J connectivity index is 0.000000171. The number of pyridine rings is 2. The topological polar surface area (TPSA) is 25.8 Å². The molecule has 0 aromatic carbocycles. The first-order valence-electron chi connectivity index (χ1n) is 4.22. The molecule has 0 N–H and O–H groups in total. The molecule has 0 aliphatic heterocycles. The van der Waals surface area contributed by atoms with Crippen LogP contribution >= 0.6 is 22.6 Å². The van der Waals surface area contributed by atoms with Gasteiger partial charge in [0.2, 0.25) is 11.9 Å². The van der Waals surface area contributed by atoms with Crippen molar-refractivity contribution in [2.75, 3.05) is 0 Å². The summed E-state index contributed by atoms with van der Waals surface area (Å²) in [5.74, 6) is -2.32. The molecule has 2 rings (SSSR count). The first kappa shape index (κ1) is 13.8. The highest BCUT2D eigenvalue weighted by molar-refractivity contribution is 14.1. The molecular formula is C10H5F4IN2. The number of halogens is 5. The van der Waals surface area contributed by atoms with E-state index >= 15 is 0 Å². The summed E-state index contributed by atoms with van der Waals surface area (Å²) in [6, 6.07) is 3.02. The zero-order chi connectivity index (χ0) is 12.8. The average Bonchev–Trinajstić information content (AvgIpc) is 2.29. The second-order valence-electron chi connectivity index (χ2n) is 2.72.